The van der Waals surface area contributed by atoms with Crippen molar-refractivity contribution < 1.29 is 21.9 Å². The second kappa shape index (κ2) is 6.94. The average Bonchev–Trinajstić information content (AvgIpc) is 2.69. The molecule has 8 nitrogen and oxygen atoms in total. The van der Waals surface area contributed by atoms with E-state index >= 15 is 0 Å². The summed E-state index contributed by atoms with van der Waals surface area (Å²) >= 11 is 0. The fourth-order valence-electron chi connectivity index (χ4n) is 3.04. The van der Waals surface area contributed by atoms with Gasteiger partial charge in [0.1, 0.15) is 17.2 Å². The van der Waals surface area contributed by atoms with E-state index in [0.717, 1.165) is 0 Å². The maximum absolute atomic E-state index is 14.5. The Morgan fingerprint density at radius 1 is 1.14 bits per heavy atom. The Labute approximate surface area is 163 Å². The quantitative estimate of drug-likeness (QED) is 0.505. The van der Waals surface area contributed by atoms with Gasteiger partial charge in [0.2, 0.25) is 15.9 Å². The van der Waals surface area contributed by atoms with Crippen LogP contribution in [0.5, 0.6) is 5.88 Å². The molecule has 1 aromatic carbocycles. The SMILES string of the molecule is COc1ccc2c(ncc3nncc(Cc4c(F)cc(S(N)(=O)=O)cc4F)c32)n1. The van der Waals surface area contributed by atoms with Gasteiger partial charge < -0.3 is 4.74 Å². The van der Waals surface area contributed by atoms with Gasteiger partial charge in [0.15, 0.2) is 5.65 Å². The Morgan fingerprint density at radius 2 is 1.86 bits per heavy atom. The molecule has 3 aromatic heterocycles. The lowest BCUT2D eigenvalue weighted by Gasteiger charge is -2.11. The zero-order valence-corrected chi connectivity index (χ0v) is 15.7. The van der Waals surface area contributed by atoms with Crippen LogP contribution in [0.2, 0.25) is 0 Å². The van der Waals surface area contributed by atoms with Gasteiger partial charge in [0.05, 0.1) is 24.4 Å². The molecule has 3 heterocycles. The number of nitrogens with two attached hydrogens (primary N) is 1. The Hall–Kier alpha value is -3.31. The second-order valence-corrected chi connectivity index (χ2v) is 7.76. The molecule has 0 aliphatic heterocycles. The number of pyridine rings is 2. The van der Waals surface area contributed by atoms with Crippen LogP contribution in [0.25, 0.3) is 21.9 Å². The van der Waals surface area contributed by atoms with Gasteiger partial charge in [0, 0.05) is 28.8 Å². The largest absolute Gasteiger partial charge is 0.481 e. The number of sulfonamides is 1. The zero-order valence-electron chi connectivity index (χ0n) is 14.9. The van der Waals surface area contributed by atoms with Crippen molar-refractivity contribution >= 4 is 32.0 Å². The van der Waals surface area contributed by atoms with E-state index in [4.69, 9.17) is 9.88 Å². The predicted molar refractivity (Wildman–Crippen MR) is 99.7 cm³/mol. The molecule has 0 radical (unpaired) electrons. The highest BCUT2D eigenvalue weighted by atomic mass is 32.2. The second-order valence-electron chi connectivity index (χ2n) is 6.20. The number of fused-ring (bicyclic) bond motifs is 3. The minimum atomic E-state index is -4.24. The molecule has 2 N–H and O–H groups in total. The van der Waals surface area contributed by atoms with Crippen molar-refractivity contribution in [2.75, 3.05) is 7.11 Å². The molecule has 0 atom stereocenters. The lowest BCUT2D eigenvalue weighted by Crippen LogP contribution is -2.14. The minimum absolute atomic E-state index is 0.195. The number of hydrogen-bond acceptors (Lipinski definition) is 7. The summed E-state index contributed by atoms with van der Waals surface area (Å²) in [6.07, 6.45) is 2.65. The number of benzene rings is 1. The van der Waals surface area contributed by atoms with E-state index in [1.807, 2.05) is 0 Å². The van der Waals surface area contributed by atoms with E-state index in [0.29, 0.717) is 45.5 Å². The van der Waals surface area contributed by atoms with Crippen molar-refractivity contribution in [2.45, 2.75) is 11.3 Å². The van der Waals surface area contributed by atoms with Crippen LogP contribution in [-0.2, 0) is 16.4 Å². The van der Waals surface area contributed by atoms with Gasteiger partial charge in [-0.3, -0.25) is 0 Å². The molecule has 0 bridgehead atoms. The highest BCUT2D eigenvalue weighted by Crippen LogP contribution is 2.29. The van der Waals surface area contributed by atoms with E-state index in [9.17, 15) is 17.2 Å². The van der Waals surface area contributed by atoms with Crippen molar-refractivity contribution in [2.24, 2.45) is 5.14 Å². The third kappa shape index (κ3) is 3.45. The standard InChI is InChI=1S/C18H13F2N5O3S/c1-28-16-3-2-11-17-9(7-23-25-15(17)8-22-18(11)24-16)4-12-13(19)5-10(6-14(12)20)29(21,26)27/h2-3,5-8H,4H2,1H3,(H2,21,26,27). The van der Waals surface area contributed by atoms with Crippen LogP contribution >= 0.6 is 0 Å². The molecule has 148 valence electrons. The molecule has 29 heavy (non-hydrogen) atoms. The van der Waals surface area contributed by atoms with E-state index in [1.54, 1.807) is 12.1 Å². The molecule has 0 aliphatic carbocycles. The van der Waals surface area contributed by atoms with E-state index in [1.165, 1.54) is 19.5 Å². The predicted octanol–water partition coefficient (Wildman–Crippen LogP) is 2.10. The summed E-state index contributed by atoms with van der Waals surface area (Å²) in [5.74, 6) is -1.70. The lowest BCUT2D eigenvalue weighted by atomic mass is 10.0. The normalized spacial score (nSPS) is 11.9. The third-order valence-electron chi connectivity index (χ3n) is 4.40. The number of aromatic nitrogens is 4. The Bertz CT molecular complexity index is 1360. The molecule has 4 rings (SSSR count). The monoisotopic (exact) mass is 417 g/mol. The lowest BCUT2D eigenvalue weighted by molar-refractivity contribution is 0.399. The molecule has 0 saturated heterocycles. The minimum Gasteiger partial charge on any atom is -0.481 e. The molecule has 0 unspecified atom stereocenters. The summed E-state index contributed by atoms with van der Waals surface area (Å²) < 4.78 is 56.9. The summed E-state index contributed by atoms with van der Waals surface area (Å²) in [4.78, 5) is 7.83. The van der Waals surface area contributed by atoms with Crippen LogP contribution in [0.4, 0.5) is 8.78 Å². The third-order valence-corrected chi connectivity index (χ3v) is 5.30. The van der Waals surface area contributed by atoms with Crippen LogP contribution in [0.15, 0.2) is 41.6 Å². The van der Waals surface area contributed by atoms with Gasteiger partial charge in [-0.05, 0) is 23.8 Å². The first kappa shape index (κ1) is 19.0. The first-order valence-corrected chi connectivity index (χ1v) is 9.77. The van der Waals surface area contributed by atoms with Gasteiger partial charge in [-0.15, -0.1) is 5.10 Å². The number of nitrogens with zero attached hydrogens (tertiary/aromatic N) is 4. The number of methoxy groups -OCH3 is 1. The van der Waals surface area contributed by atoms with Crippen molar-refractivity contribution in [3.8, 4) is 5.88 Å². The van der Waals surface area contributed by atoms with Crippen molar-refractivity contribution in [1.82, 2.24) is 20.2 Å². The van der Waals surface area contributed by atoms with Crippen LogP contribution < -0.4 is 9.88 Å². The first-order valence-electron chi connectivity index (χ1n) is 8.22. The summed E-state index contributed by atoms with van der Waals surface area (Å²) in [6.45, 7) is 0. The smallest absolute Gasteiger partial charge is 0.238 e. The van der Waals surface area contributed by atoms with E-state index in [-0.39, 0.29) is 12.0 Å². The summed E-state index contributed by atoms with van der Waals surface area (Å²) in [6, 6.07) is 4.74. The molecule has 0 spiro atoms. The number of rotatable bonds is 4. The Balaban J connectivity index is 1.90. The highest BCUT2D eigenvalue weighted by Gasteiger charge is 2.19. The molecule has 11 heteroatoms. The average molecular weight is 417 g/mol. The maximum Gasteiger partial charge on any atom is 0.238 e. The molecule has 4 aromatic rings. The zero-order chi connectivity index (χ0) is 20.8. The van der Waals surface area contributed by atoms with Crippen molar-refractivity contribution in [3.05, 3.63) is 59.4 Å². The van der Waals surface area contributed by atoms with E-state index < -0.39 is 26.6 Å². The summed E-state index contributed by atoms with van der Waals surface area (Å²) in [5.41, 5.74) is 0.939. The molecular weight excluding hydrogens is 404 g/mol. The van der Waals surface area contributed by atoms with Gasteiger partial charge in [-0.25, -0.2) is 27.3 Å². The molecular formula is C18H13F2N5O3S. The Morgan fingerprint density at radius 3 is 2.52 bits per heavy atom. The number of hydrogen-bond donors (Lipinski definition) is 1. The Kier molecular flexibility index (Phi) is 4.55. The van der Waals surface area contributed by atoms with Crippen molar-refractivity contribution in [3.63, 3.8) is 0 Å². The van der Waals surface area contributed by atoms with Crippen molar-refractivity contribution in [1.29, 1.82) is 0 Å². The molecule has 0 saturated carbocycles. The first-order chi connectivity index (χ1) is 13.8. The fourth-order valence-corrected chi connectivity index (χ4v) is 3.57. The summed E-state index contributed by atoms with van der Waals surface area (Å²) in [7, 11) is -2.76. The van der Waals surface area contributed by atoms with Crippen LogP contribution in [0.3, 0.4) is 0 Å². The number of halogens is 2. The molecule has 0 amide bonds. The summed E-state index contributed by atoms with van der Waals surface area (Å²) in [5, 5.41) is 14.0. The molecule has 0 aliphatic rings. The maximum atomic E-state index is 14.5. The topological polar surface area (TPSA) is 121 Å². The number of primary sulfonamides is 1. The van der Waals surface area contributed by atoms with Crippen LogP contribution in [0, 0.1) is 11.6 Å². The molecule has 0 fully saturated rings. The van der Waals surface area contributed by atoms with Gasteiger partial charge in [-0.2, -0.15) is 10.1 Å². The van der Waals surface area contributed by atoms with Crippen LogP contribution in [0.1, 0.15) is 11.1 Å². The highest BCUT2D eigenvalue weighted by molar-refractivity contribution is 7.89. The fraction of sp³-hybridized carbons (Fsp3) is 0.111. The van der Waals surface area contributed by atoms with Gasteiger partial charge >= 0.3 is 0 Å². The number of ether oxygens (including phenoxy) is 1. The van der Waals surface area contributed by atoms with Crippen LogP contribution in [-0.4, -0.2) is 35.7 Å². The van der Waals surface area contributed by atoms with Gasteiger partial charge in [0.25, 0.3) is 0 Å². The van der Waals surface area contributed by atoms with Gasteiger partial charge in [-0.1, -0.05) is 0 Å². The van der Waals surface area contributed by atoms with E-state index in [2.05, 4.69) is 20.2 Å².